The Morgan fingerprint density at radius 3 is 2.46 bits per heavy atom. The summed E-state index contributed by atoms with van der Waals surface area (Å²) in [4.78, 5) is 12.4. The Bertz CT molecular complexity index is 1130. The lowest BCUT2D eigenvalue weighted by Crippen LogP contribution is -2.22. The van der Waals surface area contributed by atoms with Gasteiger partial charge in [-0.15, -0.1) is 0 Å². The maximum atomic E-state index is 12.4. The van der Waals surface area contributed by atoms with Gasteiger partial charge in [-0.3, -0.25) is 4.79 Å². The minimum atomic E-state index is -0.190. The Morgan fingerprint density at radius 1 is 0.929 bits per heavy atom. The molecular formula is C22H20N2O4. The molecular weight excluding hydrogens is 356 g/mol. The molecule has 3 aromatic carbocycles. The molecule has 4 aromatic rings. The number of carbonyl (C=O) groups excluding carboxylic acids is 1. The van der Waals surface area contributed by atoms with Gasteiger partial charge in [0.25, 0.3) is 0 Å². The highest BCUT2D eigenvalue weighted by Gasteiger charge is 2.14. The first-order chi connectivity index (χ1) is 13.7. The topological polar surface area (TPSA) is 72.7 Å². The first-order valence-electron chi connectivity index (χ1n) is 8.85. The number of amides is 1. The van der Waals surface area contributed by atoms with Gasteiger partial charge in [0, 0.05) is 22.5 Å². The normalized spacial score (nSPS) is 10.8. The number of benzene rings is 3. The van der Waals surface area contributed by atoms with Crippen molar-refractivity contribution in [3.8, 4) is 11.5 Å². The zero-order valence-corrected chi connectivity index (χ0v) is 15.6. The molecule has 0 saturated carbocycles. The lowest BCUT2D eigenvalue weighted by Gasteiger charge is -2.11. The Labute approximate surface area is 162 Å². The lowest BCUT2D eigenvalue weighted by molar-refractivity contribution is -0.114. The third kappa shape index (κ3) is 3.44. The summed E-state index contributed by atoms with van der Waals surface area (Å²) >= 11 is 0. The lowest BCUT2D eigenvalue weighted by atomic mass is 10.1. The third-order valence-corrected chi connectivity index (χ3v) is 4.52. The molecule has 1 heterocycles. The minimum absolute atomic E-state index is 0.119. The molecule has 0 saturated heterocycles. The summed E-state index contributed by atoms with van der Waals surface area (Å²) in [6.45, 7) is 0.119. The Balaban J connectivity index is 1.52. The van der Waals surface area contributed by atoms with Gasteiger partial charge >= 0.3 is 0 Å². The fourth-order valence-electron chi connectivity index (χ4n) is 3.10. The molecule has 28 heavy (non-hydrogen) atoms. The van der Waals surface area contributed by atoms with Crippen LogP contribution in [0.15, 0.2) is 65.1 Å². The summed E-state index contributed by atoms with van der Waals surface area (Å²) in [6.07, 6.45) is 0. The second kappa shape index (κ2) is 7.52. The summed E-state index contributed by atoms with van der Waals surface area (Å²) in [5.74, 6) is 1.15. The second-order valence-electron chi connectivity index (χ2n) is 6.28. The van der Waals surface area contributed by atoms with Crippen LogP contribution in [0.4, 0.5) is 11.4 Å². The van der Waals surface area contributed by atoms with Crippen molar-refractivity contribution in [2.45, 2.75) is 0 Å². The maximum Gasteiger partial charge on any atom is 0.243 e. The van der Waals surface area contributed by atoms with E-state index in [0.717, 1.165) is 27.8 Å². The van der Waals surface area contributed by atoms with Crippen molar-refractivity contribution in [3.05, 3.63) is 60.7 Å². The van der Waals surface area contributed by atoms with Crippen LogP contribution >= 0.6 is 0 Å². The molecule has 0 spiro atoms. The van der Waals surface area contributed by atoms with E-state index in [1.807, 2.05) is 54.6 Å². The van der Waals surface area contributed by atoms with Crippen molar-refractivity contribution in [2.24, 2.45) is 0 Å². The van der Waals surface area contributed by atoms with Crippen LogP contribution in [-0.2, 0) is 4.79 Å². The van der Waals surface area contributed by atoms with E-state index in [1.54, 1.807) is 20.3 Å². The van der Waals surface area contributed by atoms with E-state index < -0.39 is 0 Å². The number of hydrogen-bond donors (Lipinski definition) is 2. The highest BCUT2D eigenvalue weighted by molar-refractivity contribution is 6.08. The molecule has 0 radical (unpaired) electrons. The summed E-state index contributed by atoms with van der Waals surface area (Å²) in [6, 6.07) is 18.8. The second-order valence-corrected chi connectivity index (χ2v) is 6.28. The number of furan rings is 1. The number of anilines is 2. The van der Waals surface area contributed by atoms with Crippen molar-refractivity contribution >= 4 is 39.2 Å². The Morgan fingerprint density at radius 2 is 1.71 bits per heavy atom. The summed E-state index contributed by atoms with van der Waals surface area (Å²) in [7, 11) is 3.19. The van der Waals surface area contributed by atoms with E-state index in [2.05, 4.69) is 10.6 Å². The molecule has 0 atom stereocenters. The quantitative estimate of drug-likeness (QED) is 0.512. The van der Waals surface area contributed by atoms with Crippen molar-refractivity contribution in [3.63, 3.8) is 0 Å². The van der Waals surface area contributed by atoms with Crippen LogP contribution in [0.1, 0.15) is 0 Å². The van der Waals surface area contributed by atoms with Gasteiger partial charge in [-0.25, -0.2) is 0 Å². The zero-order chi connectivity index (χ0) is 19.5. The van der Waals surface area contributed by atoms with Crippen LogP contribution in [-0.4, -0.2) is 26.7 Å². The SMILES string of the molecule is COc1ccc(NCC(=O)Nc2cc3oc4ccccc4c3cc2OC)cc1. The minimum Gasteiger partial charge on any atom is -0.497 e. The Kier molecular flexibility index (Phi) is 4.76. The van der Waals surface area contributed by atoms with Crippen LogP contribution < -0.4 is 20.1 Å². The van der Waals surface area contributed by atoms with Crippen LogP contribution in [0.5, 0.6) is 11.5 Å². The van der Waals surface area contributed by atoms with Gasteiger partial charge in [-0.1, -0.05) is 18.2 Å². The molecule has 142 valence electrons. The number of rotatable bonds is 6. The number of methoxy groups -OCH3 is 2. The predicted molar refractivity (Wildman–Crippen MR) is 110 cm³/mol. The molecule has 6 heteroatoms. The van der Waals surface area contributed by atoms with Gasteiger partial charge in [0.05, 0.1) is 26.5 Å². The standard InChI is InChI=1S/C22H20N2O4/c1-26-15-9-7-14(8-10-15)23-13-22(25)24-18-12-20-17(11-21(18)27-2)16-5-3-4-6-19(16)28-20/h3-12,23H,13H2,1-2H3,(H,24,25). The average Bonchev–Trinajstić information content (AvgIpc) is 3.09. The highest BCUT2D eigenvalue weighted by Crippen LogP contribution is 2.36. The molecule has 4 rings (SSSR count). The number of ether oxygens (including phenoxy) is 2. The largest absolute Gasteiger partial charge is 0.497 e. The summed E-state index contributed by atoms with van der Waals surface area (Å²) < 4.78 is 16.5. The maximum absolute atomic E-state index is 12.4. The molecule has 0 aliphatic carbocycles. The van der Waals surface area contributed by atoms with Crippen molar-refractivity contribution < 1.29 is 18.7 Å². The molecule has 2 N–H and O–H groups in total. The number of carbonyl (C=O) groups is 1. The molecule has 1 aromatic heterocycles. The molecule has 0 aliphatic rings. The van der Waals surface area contributed by atoms with Gasteiger partial charge in [0.2, 0.25) is 5.91 Å². The summed E-state index contributed by atoms with van der Waals surface area (Å²) in [5.41, 5.74) is 2.89. The molecule has 0 unspecified atom stereocenters. The highest BCUT2D eigenvalue weighted by atomic mass is 16.5. The van der Waals surface area contributed by atoms with Gasteiger partial charge in [0.15, 0.2) is 0 Å². The summed E-state index contributed by atoms with van der Waals surface area (Å²) in [5, 5.41) is 7.92. The van der Waals surface area contributed by atoms with Crippen LogP contribution in [0.2, 0.25) is 0 Å². The van der Waals surface area contributed by atoms with Crippen LogP contribution in [0.25, 0.3) is 21.9 Å². The fourth-order valence-corrected chi connectivity index (χ4v) is 3.10. The predicted octanol–water partition coefficient (Wildman–Crippen LogP) is 4.65. The smallest absolute Gasteiger partial charge is 0.243 e. The first-order valence-corrected chi connectivity index (χ1v) is 8.85. The number of nitrogens with one attached hydrogen (secondary N) is 2. The monoisotopic (exact) mass is 376 g/mol. The number of fused-ring (bicyclic) bond motifs is 3. The van der Waals surface area contributed by atoms with E-state index in [4.69, 9.17) is 13.9 Å². The molecule has 0 aliphatic heterocycles. The van der Waals surface area contributed by atoms with E-state index >= 15 is 0 Å². The Hall–Kier alpha value is -3.67. The number of hydrogen-bond acceptors (Lipinski definition) is 5. The molecule has 0 fully saturated rings. The first kappa shape index (κ1) is 17.7. The van der Waals surface area contributed by atoms with Gasteiger partial charge in [-0.2, -0.15) is 0 Å². The van der Waals surface area contributed by atoms with Gasteiger partial charge < -0.3 is 24.5 Å². The van der Waals surface area contributed by atoms with Crippen molar-refractivity contribution in [2.75, 3.05) is 31.4 Å². The molecule has 6 nitrogen and oxygen atoms in total. The fraction of sp³-hybridized carbons (Fsp3) is 0.136. The third-order valence-electron chi connectivity index (χ3n) is 4.52. The van der Waals surface area contributed by atoms with Crippen LogP contribution in [0.3, 0.4) is 0 Å². The van der Waals surface area contributed by atoms with E-state index in [-0.39, 0.29) is 12.5 Å². The van der Waals surface area contributed by atoms with Crippen molar-refractivity contribution in [1.82, 2.24) is 0 Å². The number of para-hydroxylation sites is 1. The van der Waals surface area contributed by atoms with Crippen molar-refractivity contribution in [1.29, 1.82) is 0 Å². The van der Waals surface area contributed by atoms with E-state index in [0.29, 0.717) is 17.0 Å². The van der Waals surface area contributed by atoms with Crippen LogP contribution in [0, 0.1) is 0 Å². The van der Waals surface area contributed by atoms with Gasteiger partial charge in [0.1, 0.15) is 22.7 Å². The zero-order valence-electron chi connectivity index (χ0n) is 15.6. The van der Waals surface area contributed by atoms with Gasteiger partial charge in [-0.05, 0) is 36.4 Å². The molecule has 0 bridgehead atoms. The molecule has 1 amide bonds. The average molecular weight is 376 g/mol. The van der Waals surface area contributed by atoms with E-state index in [1.165, 1.54) is 0 Å². The van der Waals surface area contributed by atoms with E-state index in [9.17, 15) is 4.79 Å².